The van der Waals surface area contributed by atoms with Gasteiger partial charge >= 0.3 is 0 Å². The molecule has 1 unspecified atom stereocenters. The minimum Gasteiger partial charge on any atom is -0.503 e. The van der Waals surface area contributed by atoms with Gasteiger partial charge in [-0.25, -0.2) is 0 Å². The molecule has 2 aliphatic rings. The Labute approximate surface area is 120 Å². The lowest BCUT2D eigenvalue weighted by Gasteiger charge is -2.35. The van der Waals surface area contributed by atoms with Crippen LogP contribution in [0.25, 0.3) is 0 Å². The summed E-state index contributed by atoms with van der Waals surface area (Å²) in [6, 6.07) is 2.76. The van der Waals surface area contributed by atoms with Crippen LogP contribution in [0.5, 0.6) is 5.75 Å². The van der Waals surface area contributed by atoms with Crippen LogP contribution in [-0.4, -0.2) is 27.2 Å². The van der Waals surface area contributed by atoms with Crippen molar-refractivity contribution in [3.8, 4) is 5.75 Å². The molecule has 2 heterocycles. The van der Waals surface area contributed by atoms with Gasteiger partial charge in [-0.1, -0.05) is 13.3 Å². The zero-order valence-electron chi connectivity index (χ0n) is 12.2. The first-order valence-corrected chi connectivity index (χ1v) is 7.87. The molecule has 0 bridgehead atoms. The molecule has 1 aromatic heterocycles. The molecule has 1 N–H and O–H groups in total. The number of pyridine rings is 1. The molecule has 1 saturated carbocycles. The third kappa shape index (κ3) is 2.75. The van der Waals surface area contributed by atoms with Crippen molar-refractivity contribution in [3.63, 3.8) is 0 Å². The SMILES string of the molecule is CCC1CCCCN1Cc1cc(=O)c(O)cn1C1CC1. The van der Waals surface area contributed by atoms with E-state index in [-0.39, 0.29) is 11.2 Å². The Morgan fingerprint density at radius 2 is 2.10 bits per heavy atom. The molecule has 110 valence electrons. The van der Waals surface area contributed by atoms with E-state index in [1.165, 1.54) is 25.7 Å². The van der Waals surface area contributed by atoms with Gasteiger partial charge in [0.1, 0.15) is 0 Å². The van der Waals surface area contributed by atoms with Crippen LogP contribution in [0.3, 0.4) is 0 Å². The van der Waals surface area contributed by atoms with Crippen LogP contribution in [-0.2, 0) is 6.54 Å². The zero-order valence-corrected chi connectivity index (χ0v) is 12.2. The topological polar surface area (TPSA) is 45.5 Å². The predicted octanol–water partition coefficient (Wildman–Crippen LogP) is 2.65. The van der Waals surface area contributed by atoms with E-state index in [0.717, 1.165) is 31.6 Å². The molecule has 1 aromatic rings. The molecular formula is C16H24N2O2. The van der Waals surface area contributed by atoms with Gasteiger partial charge in [-0.05, 0) is 38.6 Å². The predicted molar refractivity (Wildman–Crippen MR) is 79.0 cm³/mol. The average Bonchev–Trinajstić information content (AvgIpc) is 3.28. The van der Waals surface area contributed by atoms with Gasteiger partial charge in [-0.2, -0.15) is 0 Å². The first kappa shape index (κ1) is 13.7. The molecule has 1 atom stereocenters. The second kappa shape index (κ2) is 5.60. The Bertz CT molecular complexity index is 534. The first-order chi connectivity index (χ1) is 9.69. The number of hydrogen-bond acceptors (Lipinski definition) is 3. The van der Waals surface area contributed by atoms with Crippen LogP contribution in [0.1, 0.15) is 57.2 Å². The van der Waals surface area contributed by atoms with E-state index >= 15 is 0 Å². The van der Waals surface area contributed by atoms with E-state index in [1.807, 2.05) is 0 Å². The number of likely N-dealkylation sites (tertiary alicyclic amines) is 1. The van der Waals surface area contributed by atoms with Crippen LogP contribution < -0.4 is 5.43 Å². The minimum absolute atomic E-state index is 0.119. The Morgan fingerprint density at radius 3 is 2.80 bits per heavy atom. The van der Waals surface area contributed by atoms with Crippen molar-refractivity contribution in [3.05, 3.63) is 28.2 Å². The molecule has 0 amide bonds. The van der Waals surface area contributed by atoms with Gasteiger partial charge in [0.05, 0.1) is 6.20 Å². The van der Waals surface area contributed by atoms with Crippen molar-refractivity contribution >= 4 is 0 Å². The fraction of sp³-hybridized carbons (Fsp3) is 0.688. The van der Waals surface area contributed by atoms with Crippen molar-refractivity contribution in [1.29, 1.82) is 0 Å². The standard InChI is InChI=1S/C16H24N2O2/c1-2-12-5-3-4-8-17(12)10-14-9-15(19)16(20)11-18(14)13-6-7-13/h9,11-13,20H,2-8,10H2,1H3. The maximum absolute atomic E-state index is 11.7. The number of piperidine rings is 1. The summed E-state index contributed by atoms with van der Waals surface area (Å²) in [5.74, 6) is -0.119. The van der Waals surface area contributed by atoms with Gasteiger partial charge in [0.25, 0.3) is 0 Å². The summed E-state index contributed by atoms with van der Waals surface area (Å²) in [5.41, 5.74) is 0.817. The maximum Gasteiger partial charge on any atom is 0.223 e. The molecular weight excluding hydrogens is 252 g/mol. The number of rotatable bonds is 4. The van der Waals surface area contributed by atoms with Crippen LogP contribution in [0.2, 0.25) is 0 Å². The normalized spacial score (nSPS) is 23.9. The third-order valence-electron chi connectivity index (χ3n) is 4.67. The fourth-order valence-electron chi connectivity index (χ4n) is 3.34. The highest BCUT2D eigenvalue weighted by molar-refractivity contribution is 5.22. The summed E-state index contributed by atoms with van der Waals surface area (Å²) < 4.78 is 2.12. The van der Waals surface area contributed by atoms with E-state index in [2.05, 4.69) is 16.4 Å². The molecule has 3 rings (SSSR count). The molecule has 4 nitrogen and oxygen atoms in total. The van der Waals surface area contributed by atoms with Gasteiger partial charge in [0.2, 0.25) is 5.43 Å². The lowest BCUT2D eigenvalue weighted by molar-refractivity contribution is 0.132. The monoisotopic (exact) mass is 276 g/mol. The summed E-state index contributed by atoms with van der Waals surface area (Å²) >= 11 is 0. The van der Waals surface area contributed by atoms with E-state index in [0.29, 0.717) is 12.1 Å². The van der Waals surface area contributed by atoms with Crippen LogP contribution >= 0.6 is 0 Å². The van der Waals surface area contributed by atoms with Gasteiger partial charge in [0.15, 0.2) is 5.75 Å². The Kier molecular flexibility index (Phi) is 3.83. The quantitative estimate of drug-likeness (QED) is 0.919. The Balaban J connectivity index is 1.85. The largest absolute Gasteiger partial charge is 0.503 e. The molecule has 0 radical (unpaired) electrons. The van der Waals surface area contributed by atoms with Crippen LogP contribution in [0.4, 0.5) is 0 Å². The molecule has 0 spiro atoms. The van der Waals surface area contributed by atoms with Crippen molar-refractivity contribution in [2.24, 2.45) is 0 Å². The second-order valence-corrected chi connectivity index (χ2v) is 6.18. The van der Waals surface area contributed by atoms with Gasteiger partial charge in [-0.15, -0.1) is 0 Å². The lowest BCUT2D eigenvalue weighted by atomic mass is 10.00. The first-order valence-electron chi connectivity index (χ1n) is 7.87. The molecule has 0 aromatic carbocycles. The van der Waals surface area contributed by atoms with Crippen molar-refractivity contribution < 1.29 is 5.11 Å². The molecule has 4 heteroatoms. The number of nitrogens with zero attached hydrogens (tertiary/aromatic N) is 2. The van der Waals surface area contributed by atoms with E-state index in [9.17, 15) is 9.90 Å². The summed E-state index contributed by atoms with van der Waals surface area (Å²) in [5, 5.41) is 9.66. The second-order valence-electron chi connectivity index (χ2n) is 6.18. The minimum atomic E-state index is -0.248. The molecule has 1 aliphatic heterocycles. The molecule has 1 aliphatic carbocycles. The van der Waals surface area contributed by atoms with Crippen LogP contribution in [0.15, 0.2) is 17.1 Å². The highest BCUT2D eigenvalue weighted by Crippen LogP contribution is 2.36. The molecule has 20 heavy (non-hydrogen) atoms. The van der Waals surface area contributed by atoms with E-state index in [4.69, 9.17) is 0 Å². The van der Waals surface area contributed by atoms with Crippen molar-refractivity contribution in [1.82, 2.24) is 9.47 Å². The highest BCUT2D eigenvalue weighted by Gasteiger charge is 2.27. The van der Waals surface area contributed by atoms with Crippen molar-refractivity contribution in [2.75, 3.05) is 6.54 Å². The molecule has 1 saturated heterocycles. The van der Waals surface area contributed by atoms with Crippen LogP contribution in [0, 0.1) is 0 Å². The smallest absolute Gasteiger partial charge is 0.223 e. The van der Waals surface area contributed by atoms with E-state index < -0.39 is 0 Å². The van der Waals surface area contributed by atoms with Gasteiger partial charge in [0, 0.05) is 30.4 Å². The summed E-state index contributed by atoms with van der Waals surface area (Å²) in [7, 11) is 0. The summed E-state index contributed by atoms with van der Waals surface area (Å²) in [6.45, 7) is 4.20. The molecule has 2 fully saturated rings. The van der Waals surface area contributed by atoms with E-state index in [1.54, 1.807) is 12.3 Å². The van der Waals surface area contributed by atoms with Crippen molar-refractivity contribution in [2.45, 2.75) is 64.1 Å². The Hall–Kier alpha value is -1.29. The number of hydrogen-bond donors (Lipinski definition) is 1. The summed E-state index contributed by atoms with van der Waals surface area (Å²) in [6.07, 6.45) is 8.97. The highest BCUT2D eigenvalue weighted by atomic mass is 16.3. The zero-order chi connectivity index (χ0) is 14.1. The lowest BCUT2D eigenvalue weighted by Crippen LogP contribution is -2.39. The summed E-state index contributed by atoms with van der Waals surface area (Å²) in [4.78, 5) is 14.3. The maximum atomic E-state index is 11.7. The third-order valence-corrected chi connectivity index (χ3v) is 4.67. The number of aromatic nitrogens is 1. The van der Waals surface area contributed by atoms with Gasteiger partial charge in [-0.3, -0.25) is 9.69 Å². The average molecular weight is 276 g/mol. The number of aromatic hydroxyl groups is 1. The van der Waals surface area contributed by atoms with Gasteiger partial charge < -0.3 is 9.67 Å². The fourth-order valence-corrected chi connectivity index (χ4v) is 3.34. The Morgan fingerprint density at radius 1 is 1.30 bits per heavy atom.